The highest BCUT2D eigenvalue weighted by Gasteiger charge is 1.91. The van der Waals surface area contributed by atoms with Crippen LogP contribution in [0.3, 0.4) is 0 Å². The molecule has 0 aliphatic heterocycles. The predicted molar refractivity (Wildman–Crippen MR) is 66.5 cm³/mol. The van der Waals surface area contributed by atoms with Crippen molar-refractivity contribution in [2.75, 3.05) is 0 Å². The Kier molecular flexibility index (Phi) is 3.32. The first-order chi connectivity index (χ1) is 8.28. The van der Waals surface area contributed by atoms with E-state index in [1.54, 1.807) is 24.3 Å². The first kappa shape index (κ1) is 11.1. The molecule has 2 aromatic rings. The number of hydrogen-bond donors (Lipinski definition) is 0. The molecule has 0 N–H and O–H groups in total. The third-order valence-corrected chi connectivity index (χ3v) is 2.38. The third-order valence-electron chi connectivity index (χ3n) is 2.38. The summed E-state index contributed by atoms with van der Waals surface area (Å²) in [7, 11) is 0. The van der Waals surface area contributed by atoms with Crippen LogP contribution in [0, 0.1) is 17.1 Å². The van der Waals surface area contributed by atoms with Crippen molar-refractivity contribution in [3.05, 3.63) is 71.0 Å². The van der Waals surface area contributed by atoms with Gasteiger partial charge in [-0.15, -0.1) is 0 Å². The smallest absolute Gasteiger partial charge is 0.123 e. The zero-order valence-electron chi connectivity index (χ0n) is 9.10. The van der Waals surface area contributed by atoms with Crippen LogP contribution in [0.25, 0.3) is 12.2 Å². The van der Waals surface area contributed by atoms with E-state index in [0.717, 1.165) is 11.1 Å². The van der Waals surface area contributed by atoms with Crippen molar-refractivity contribution >= 4 is 12.2 Å². The lowest BCUT2D eigenvalue weighted by molar-refractivity contribution is 0.628. The molecule has 0 radical (unpaired) electrons. The van der Waals surface area contributed by atoms with Gasteiger partial charge in [0.1, 0.15) is 5.82 Å². The van der Waals surface area contributed by atoms with E-state index in [1.165, 1.54) is 12.1 Å². The normalized spacial score (nSPS) is 10.4. The highest BCUT2D eigenvalue weighted by atomic mass is 19.1. The molecule has 0 spiro atoms. The van der Waals surface area contributed by atoms with Crippen molar-refractivity contribution in [3.63, 3.8) is 0 Å². The minimum absolute atomic E-state index is 0.236. The quantitative estimate of drug-likeness (QED) is 0.709. The van der Waals surface area contributed by atoms with Gasteiger partial charge in [-0.25, -0.2) is 4.39 Å². The Labute approximate surface area is 99.5 Å². The van der Waals surface area contributed by atoms with E-state index < -0.39 is 0 Å². The standard InChI is InChI=1S/C15H10FN/c16-15-9-7-13(8-10-15)2-1-12-3-5-14(11-17)6-4-12/h1-10H/b2-1-. The molecule has 2 heteroatoms. The van der Waals surface area contributed by atoms with Crippen LogP contribution >= 0.6 is 0 Å². The van der Waals surface area contributed by atoms with E-state index in [1.807, 2.05) is 24.3 Å². The van der Waals surface area contributed by atoms with Gasteiger partial charge in [0.15, 0.2) is 0 Å². The van der Waals surface area contributed by atoms with Crippen LogP contribution in [0.4, 0.5) is 4.39 Å². The molecule has 0 amide bonds. The zero-order valence-corrected chi connectivity index (χ0v) is 9.10. The van der Waals surface area contributed by atoms with Crippen LogP contribution in [0.5, 0.6) is 0 Å². The third kappa shape index (κ3) is 3.02. The van der Waals surface area contributed by atoms with Crippen molar-refractivity contribution < 1.29 is 4.39 Å². The molecule has 0 aromatic heterocycles. The fourth-order valence-corrected chi connectivity index (χ4v) is 1.44. The summed E-state index contributed by atoms with van der Waals surface area (Å²) in [5, 5.41) is 8.66. The second-order valence-electron chi connectivity index (χ2n) is 3.62. The summed E-state index contributed by atoms with van der Waals surface area (Å²) in [5.74, 6) is -0.236. The summed E-state index contributed by atoms with van der Waals surface area (Å²) in [6.45, 7) is 0. The Morgan fingerprint density at radius 3 is 1.76 bits per heavy atom. The number of nitrogens with zero attached hydrogens (tertiary/aromatic N) is 1. The van der Waals surface area contributed by atoms with E-state index in [0.29, 0.717) is 5.56 Å². The molecule has 0 atom stereocenters. The minimum atomic E-state index is -0.236. The number of halogens is 1. The highest BCUT2D eigenvalue weighted by molar-refractivity contribution is 5.69. The lowest BCUT2D eigenvalue weighted by Gasteiger charge is -1.95. The maximum absolute atomic E-state index is 12.7. The van der Waals surface area contributed by atoms with E-state index in [9.17, 15) is 4.39 Å². The van der Waals surface area contributed by atoms with Gasteiger partial charge in [-0.2, -0.15) is 5.26 Å². The van der Waals surface area contributed by atoms with Crippen LogP contribution in [0.2, 0.25) is 0 Å². The maximum Gasteiger partial charge on any atom is 0.123 e. The Bertz CT molecular complexity index is 559. The molecule has 2 rings (SSSR count). The van der Waals surface area contributed by atoms with Gasteiger partial charge in [-0.05, 0) is 35.4 Å². The lowest BCUT2D eigenvalue weighted by Crippen LogP contribution is -1.76. The van der Waals surface area contributed by atoms with E-state index in [2.05, 4.69) is 6.07 Å². The summed E-state index contributed by atoms with van der Waals surface area (Å²) in [5.41, 5.74) is 2.59. The maximum atomic E-state index is 12.7. The monoisotopic (exact) mass is 223 g/mol. The molecule has 0 saturated carbocycles. The SMILES string of the molecule is N#Cc1ccc(/C=C\c2ccc(F)cc2)cc1. The fraction of sp³-hybridized carbons (Fsp3) is 0. The van der Waals surface area contributed by atoms with Crippen LogP contribution in [0.1, 0.15) is 16.7 Å². The molecule has 0 saturated heterocycles. The van der Waals surface area contributed by atoms with E-state index in [4.69, 9.17) is 5.26 Å². The van der Waals surface area contributed by atoms with Crippen molar-refractivity contribution in [2.45, 2.75) is 0 Å². The average Bonchev–Trinajstić information content (AvgIpc) is 2.39. The first-order valence-electron chi connectivity index (χ1n) is 5.22. The number of benzene rings is 2. The molecule has 2 aromatic carbocycles. The summed E-state index contributed by atoms with van der Waals surface area (Å²) in [6, 6.07) is 15.6. The van der Waals surface area contributed by atoms with Crippen LogP contribution in [-0.4, -0.2) is 0 Å². The van der Waals surface area contributed by atoms with Gasteiger partial charge in [0.2, 0.25) is 0 Å². The Hall–Kier alpha value is -2.40. The van der Waals surface area contributed by atoms with Crippen molar-refractivity contribution in [3.8, 4) is 6.07 Å². The second kappa shape index (κ2) is 5.09. The predicted octanol–water partition coefficient (Wildman–Crippen LogP) is 3.87. The summed E-state index contributed by atoms with van der Waals surface area (Å²) in [6.07, 6.45) is 3.83. The molecular weight excluding hydrogens is 213 g/mol. The molecule has 82 valence electrons. The summed E-state index contributed by atoms with van der Waals surface area (Å²) in [4.78, 5) is 0. The largest absolute Gasteiger partial charge is 0.207 e. The minimum Gasteiger partial charge on any atom is -0.207 e. The van der Waals surface area contributed by atoms with Crippen LogP contribution < -0.4 is 0 Å². The van der Waals surface area contributed by atoms with Crippen LogP contribution in [0.15, 0.2) is 48.5 Å². The topological polar surface area (TPSA) is 23.8 Å². The van der Waals surface area contributed by atoms with Gasteiger partial charge >= 0.3 is 0 Å². The lowest BCUT2D eigenvalue weighted by atomic mass is 10.1. The first-order valence-corrected chi connectivity index (χ1v) is 5.22. The summed E-state index contributed by atoms with van der Waals surface area (Å²) < 4.78 is 12.7. The highest BCUT2D eigenvalue weighted by Crippen LogP contribution is 2.10. The molecule has 0 heterocycles. The molecular formula is C15H10FN. The van der Waals surface area contributed by atoms with Crippen molar-refractivity contribution in [2.24, 2.45) is 0 Å². The molecule has 0 aliphatic rings. The van der Waals surface area contributed by atoms with Gasteiger partial charge in [0.05, 0.1) is 11.6 Å². The number of nitriles is 1. The van der Waals surface area contributed by atoms with E-state index >= 15 is 0 Å². The van der Waals surface area contributed by atoms with Gasteiger partial charge < -0.3 is 0 Å². The van der Waals surface area contributed by atoms with E-state index in [-0.39, 0.29) is 5.82 Å². The van der Waals surface area contributed by atoms with Gasteiger partial charge in [0.25, 0.3) is 0 Å². The zero-order chi connectivity index (χ0) is 12.1. The fourth-order valence-electron chi connectivity index (χ4n) is 1.44. The van der Waals surface area contributed by atoms with Gasteiger partial charge in [0, 0.05) is 0 Å². The van der Waals surface area contributed by atoms with Gasteiger partial charge in [-0.3, -0.25) is 0 Å². The average molecular weight is 223 g/mol. The molecule has 1 nitrogen and oxygen atoms in total. The van der Waals surface area contributed by atoms with Crippen molar-refractivity contribution in [1.29, 1.82) is 5.26 Å². The van der Waals surface area contributed by atoms with Crippen molar-refractivity contribution in [1.82, 2.24) is 0 Å². The number of hydrogen-bond acceptors (Lipinski definition) is 1. The Balaban J connectivity index is 2.14. The number of rotatable bonds is 2. The molecule has 17 heavy (non-hydrogen) atoms. The second-order valence-corrected chi connectivity index (χ2v) is 3.62. The molecule has 0 bridgehead atoms. The molecule has 0 fully saturated rings. The molecule has 0 aliphatic carbocycles. The Morgan fingerprint density at radius 1 is 0.824 bits per heavy atom. The van der Waals surface area contributed by atoms with Crippen LogP contribution in [-0.2, 0) is 0 Å². The Morgan fingerprint density at radius 2 is 1.29 bits per heavy atom. The van der Waals surface area contributed by atoms with Gasteiger partial charge in [-0.1, -0.05) is 36.4 Å². The summed E-state index contributed by atoms with van der Waals surface area (Å²) >= 11 is 0. The molecule has 0 unspecified atom stereocenters.